The first-order chi connectivity index (χ1) is 5.79. The lowest BCUT2D eigenvalue weighted by molar-refractivity contribution is 0.183. The number of rotatable bonds is 3. The maximum Gasteiger partial charge on any atom is 0.140 e. The summed E-state index contributed by atoms with van der Waals surface area (Å²) in [5.41, 5.74) is 2.16. The van der Waals surface area contributed by atoms with Crippen molar-refractivity contribution in [1.29, 1.82) is 0 Å². The topological polar surface area (TPSA) is 31.4 Å². The summed E-state index contributed by atoms with van der Waals surface area (Å²) in [6, 6.07) is 0. The van der Waals surface area contributed by atoms with Gasteiger partial charge in [0.2, 0.25) is 0 Å². The molecule has 3 heteroatoms. The molecule has 1 rings (SSSR count). The first-order valence-electron chi connectivity index (χ1n) is 3.76. The van der Waals surface area contributed by atoms with E-state index in [9.17, 15) is 0 Å². The van der Waals surface area contributed by atoms with Crippen LogP contribution in [0.3, 0.4) is 0 Å². The van der Waals surface area contributed by atoms with Gasteiger partial charge in [-0.25, -0.2) is 0 Å². The van der Waals surface area contributed by atoms with Crippen molar-refractivity contribution in [1.82, 2.24) is 4.98 Å². The van der Waals surface area contributed by atoms with Gasteiger partial charge in [0.15, 0.2) is 0 Å². The fraction of sp³-hybridized carbons (Fsp3) is 0.444. The highest BCUT2D eigenvalue weighted by Crippen LogP contribution is 2.19. The second kappa shape index (κ2) is 4.07. The lowest BCUT2D eigenvalue weighted by Crippen LogP contribution is -1.96. The molecule has 0 radical (unpaired) electrons. The number of hydrogen-bond donors (Lipinski definition) is 0. The molecule has 0 amide bonds. The third-order valence-corrected chi connectivity index (χ3v) is 1.79. The van der Waals surface area contributed by atoms with E-state index in [2.05, 4.69) is 4.98 Å². The normalized spacial score (nSPS) is 9.92. The smallest absolute Gasteiger partial charge is 0.140 e. The van der Waals surface area contributed by atoms with E-state index in [0.29, 0.717) is 6.61 Å². The molecule has 0 aliphatic carbocycles. The van der Waals surface area contributed by atoms with Crippen molar-refractivity contribution in [3.05, 3.63) is 23.5 Å². The second-order valence-corrected chi connectivity index (χ2v) is 2.56. The average Bonchev–Trinajstić information content (AvgIpc) is 2.09. The van der Waals surface area contributed by atoms with E-state index in [1.807, 2.05) is 6.92 Å². The van der Waals surface area contributed by atoms with E-state index >= 15 is 0 Å². The van der Waals surface area contributed by atoms with Crippen LogP contribution < -0.4 is 4.74 Å². The first kappa shape index (κ1) is 9.00. The third-order valence-electron chi connectivity index (χ3n) is 1.79. The van der Waals surface area contributed by atoms with Crippen LogP contribution in [0, 0.1) is 6.92 Å². The van der Waals surface area contributed by atoms with E-state index in [0.717, 1.165) is 16.9 Å². The standard InChI is InChI=1S/C9H13NO2/c1-7-8(6-11-2)4-10-5-9(7)12-3/h4-5H,6H2,1-3H3. The van der Waals surface area contributed by atoms with Crippen molar-refractivity contribution in [2.45, 2.75) is 13.5 Å². The summed E-state index contributed by atoms with van der Waals surface area (Å²) in [5, 5.41) is 0. The predicted molar refractivity (Wildman–Crippen MR) is 46.2 cm³/mol. The quantitative estimate of drug-likeness (QED) is 0.684. The number of methoxy groups -OCH3 is 2. The van der Waals surface area contributed by atoms with Crippen molar-refractivity contribution >= 4 is 0 Å². The summed E-state index contributed by atoms with van der Waals surface area (Å²) < 4.78 is 10.1. The molecule has 0 aromatic carbocycles. The van der Waals surface area contributed by atoms with Crippen LogP contribution >= 0.6 is 0 Å². The summed E-state index contributed by atoms with van der Waals surface area (Å²) in [6.07, 6.45) is 3.50. The Morgan fingerprint density at radius 2 is 2.08 bits per heavy atom. The second-order valence-electron chi connectivity index (χ2n) is 2.56. The molecule has 0 saturated heterocycles. The Bertz CT molecular complexity index is 261. The molecule has 0 N–H and O–H groups in total. The van der Waals surface area contributed by atoms with Crippen LogP contribution in [0.25, 0.3) is 0 Å². The van der Waals surface area contributed by atoms with Gasteiger partial charge in [0, 0.05) is 18.9 Å². The third kappa shape index (κ3) is 1.74. The van der Waals surface area contributed by atoms with Crippen molar-refractivity contribution in [3.8, 4) is 5.75 Å². The van der Waals surface area contributed by atoms with Crippen LogP contribution in [0.1, 0.15) is 11.1 Å². The van der Waals surface area contributed by atoms with Gasteiger partial charge in [-0.2, -0.15) is 0 Å². The average molecular weight is 167 g/mol. The van der Waals surface area contributed by atoms with E-state index in [1.54, 1.807) is 26.6 Å². The van der Waals surface area contributed by atoms with Crippen molar-refractivity contribution in [2.24, 2.45) is 0 Å². The molecular weight excluding hydrogens is 154 g/mol. The van der Waals surface area contributed by atoms with Gasteiger partial charge in [-0.15, -0.1) is 0 Å². The number of ether oxygens (including phenoxy) is 2. The van der Waals surface area contributed by atoms with Gasteiger partial charge in [0.1, 0.15) is 5.75 Å². The minimum atomic E-state index is 0.579. The van der Waals surface area contributed by atoms with Gasteiger partial charge < -0.3 is 9.47 Å². The maximum atomic E-state index is 5.11. The maximum absolute atomic E-state index is 5.11. The molecule has 0 spiro atoms. The Kier molecular flexibility index (Phi) is 3.05. The molecule has 3 nitrogen and oxygen atoms in total. The van der Waals surface area contributed by atoms with Crippen molar-refractivity contribution < 1.29 is 9.47 Å². The molecule has 0 bridgehead atoms. The van der Waals surface area contributed by atoms with E-state index in [1.165, 1.54) is 0 Å². The molecule has 1 aromatic heterocycles. The minimum absolute atomic E-state index is 0.579. The summed E-state index contributed by atoms with van der Waals surface area (Å²) in [5.74, 6) is 0.810. The van der Waals surface area contributed by atoms with Gasteiger partial charge in [-0.05, 0) is 12.5 Å². The van der Waals surface area contributed by atoms with Crippen LogP contribution in [0.4, 0.5) is 0 Å². The summed E-state index contributed by atoms with van der Waals surface area (Å²) in [4.78, 5) is 4.03. The molecule has 1 aromatic rings. The number of pyridine rings is 1. The molecule has 0 fully saturated rings. The monoisotopic (exact) mass is 167 g/mol. The zero-order valence-corrected chi connectivity index (χ0v) is 7.63. The van der Waals surface area contributed by atoms with Gasteiger partial charge in [0.25, 0.3) is 0 Å². The Morgan fingerprint density at radius 3 is 2.67 bits per heavy atom. The largest absolute Gasteiger partial charge is 0.495 e. The molecule has 0 aliphatic heterocycles. The summed E-state index contributed by atoms with van der Waals surface area (Å²) >= 11 is 0. The highest BCUT2D eigenvalue weighted by Gasteiger charge is 2.03. The van der Waals surface area contributed by atoms with Crippen molar-refractivity contribution in [3.63, 3.8) is 0 Å². The zero-order chi connectivity index (χ0) is 8.97. The summed E-state index contributed by atoms with van der Waals surface area (Å²) in [6.45, 7) is 2.57. The lowest BCUT2D eigenvalue weighted by atomic mass is 10.1. The summed E-state index contributed by atoms with van der Waals surface area (Å²) in [7, 11) is 3.31. The number of nitrogens with zero attached hydrogens (tertiary/aromatic N) is 1. The molecule has 0 aliphatic rings. The molecule has 66 valence electrons. The molecule has 0 saturated carbocycles. The van der Waals surface area contributed by atoms with Gasteiger partial charge in [-0.3, -0.25) is 4.98 Å². The van der Waals surface area contributed by atoms with Gasteiger partial charge >= 0.3 is 0 Å². The molecular formula is C9H13NO2. The van der Waals surface area contributed by atoms with Crippen LogP contribution in [0.5, 0.6) is 5.75 Å². The Morgan fingerprint density at radius 1 is 1.33 bits per heavy atom. The van der Waals surface area contributed by atoms with Crippen LogP contribution in [-0.2, 0) is 11.3 Å². The lowest BCUT2D eigenvalue weighted by Gasteiger charge is -2.07. The Labute approximate surface area is 72.3 Å². The fourth-order valence-corrected chi connectivity index (χ4v) is 1.05. The van der Waals surface area contributed by atoms with Gasteiger partial charge in [0.05, 0.1) is 19.9 Å². The zero-order valence-electron chi connectivity index (χ0n) is 7.63. The minimum Gasteiger partial charge on any atom is -0.495 e. The Hall–Kier alpha value is -1.09. The van der Waals surface area contributed by atoms with E-state index in [-0.39, 0.29) is 0 Å². The first-order valence-corrected chi connectivity index (χ1v) is 3.76. The fourth-order valence-electron chi connectivity index (χ4n) is 1.05. The molecule has 0 atom stereocenters. The predicted octanol–water partition coefficient (Wildman–Crippen LogP) is 1.55. The van der Waals surface area contributed by atoms with E-state index in [4.69, 9.17) is 9.47 Å². The van der Waals surface area contributed by atoms with Crippen LogP contribution in [-0.4, -0.2) is 19.2 Å². The number of hydrogen-bond acceptors (Lipinski definition) is 3. The van der Waals surface area contributed by atoms with Crippen LogP contribution in [0.2, 0.25) is 0 Å². The van der Waals surface area contributed by atoms with Crippen molar-refractivity contribution in [2.75, 3.05) is 14.2 Å². The van der Waals surface area contributed by atoms with E-state index < -0.39 is 0 Å². The SMILES string of the molecule is COCc1cncc(OC)c1C. The van der Waals surface area contributed by atoms with Crippen LogP contribution in [0.15, 0.2) is 12.4 Å². The highest BCUT2D eigenvalue weighted by atomic mass is 16.5. The Balaban J connectivity index is 2.97. The molecule has 0 unspecified atom stereocenters. The highest BCUT2D eigenvalue weighted by molar-refractivity contribution is 5.35. The van der Waals surface area contributed by atoms with Gasteiger partial charge in [-0.1, -0.05) is 0 Å². The number of aromatic nitrogens is 1. The molecule has 1 heterocycles. The molecule has 12 heavy (non-hydrogen) atoms.